The van der Waals surface area contributed by atoms with Crippen molar-refractivity contribution in [3.05, 3.63) is 45.9 Å². The summed E-state index contributed by atoms with van der Waals surface area (Å²) in [6.45, 7) is 3.75. The SMILES string of the molecule is Cc1nc(C(=O)N2CCCOc3cccc(c3)CCC3CCCCN3C(=O)C2)cs1. The molecule has 0 aliphatic carbocycles. The number of piperidine rings is 1. The van der Waals surface area contributed by atoms with Gasteiger partial charge < -0.3 is 14.5 Å². The lowest BCUT2D eigenvalue weighted by atomic mass is 9.95. The molecule has 2 aromatic rings. The average molecular weight is 428 g/mol. The maximum absolute atomic E-state index is 13.2. The van der Waals surface area contributed by atoms with Crippen LogP contribution in [0.4, 0.5) is 0 Å². The fourth-order valence-electron chi connectivity index (χ4n) is 4.33. The van der Waals surface area contributed by atoms with Crippen LogP contribution in [-0.2, 0) is 11.2 Å². The van der Waals surface area contributed by atoms with Gasteiger partial charge in [-0.05, 0) is 63.1 Å². The van der Waals surface area contributed by atoms with Crippen LogP contribution >= 0.6 is 11.3 Å². The van der Waals surface area contributed by atoms with E-state index < -0.39 is 0 Å². The number of aryl methyl sites for hydroxylation is 2. The van der Waals surface area contributed by atoms with Crippen molar-refractivity contribution in [2.75, 3.05) is 26.2 Å². The van der Waals surface area contributed by atoms with Crippen molar-refractivity contribution in [1.82, 2.24) is 14.8 Å². The van der Waals surface area contributed by atoms with Gasteiger partial charge in [-0.2, -0.15) is 0 Å². The van der Waals surface area contributed by atoms with Crippen molar-refractivity contribution in [2.24, 2.45) is 0 Å². The predicted molar refractivity (Wildman–Crippen MR) is 117 cm³/mol. The van der Waals surface area contributed by atoms with Gasteiger partial charge in [0.05, 0.1) is 11.6 Å². The Hall–Kier alpha value is -2.41. The minimum absolute atomic E-state index is 0.0479. The van der Waals surface area contributed by atoms with E-state index in [2.05, 4.69) is 17.1 Å². The van der Waals surface area contributed by atoms with Gasteiger partial charge in [0.25, 0.3) is 5.91 Å². The second-order valence-corrected chi connectivity index (χ2v) is 9.17. The van der Waals surface area contributed by atoms with Crippen LogP contribution in [0.3, 0.4) is 0 Å². The second-order valence-electron chi connectivity index (χ2n) is 8.10. The molecule has 0 saturated carbocycles. The van der Waals surface area contributed by atoms with E-state index >= 15 is 0 Å². The first-order valence-corrected chi connectivity index (χ1v) is 11.7. The minimum atomic E-state index is -0.171. The van der Waals surface area contributed by atoms with Crippen LogP contribution < -0.4 is 4.74 Å². The summed E-state index contributed by atoms with van der Waals surface area (Å²) in [4.78, 5) is 34.3. The number of carbonyl (C=O) groups is 2. The van der Waals surface area contributed by atoms with Crippen LogP contribution in [0.1, 0.15) is 53.2 Å². The largest absolute Gasteiger partial charge is 0.494 e. The summed E-state index contributed by atoms with van der Waals surface area (Å²) < 4.78 is 5.92. The molecule has 3 heterocycles. The maximum atomic E-state index is 13.2. The molecule has 7 heteroatoms. The Morgan fingerprint density at radius 1 is 1.20 bits per heavy atom. The molecule has 2 aliphatic rings. The summed E-state index contributed by atoms with van der Waals surface area (Å²) in [5, 5.41) is 2.63. The maximum Gasteiger partial charge on any atom is 0.273 e. The van der Waals surface area contributed by atoms with Crippen molar-refractivity contribution >= 4 is 23.2 Å². The van der Waals surface area contributed by atoms with Gasteiger partial charge in [0.1, 0.15) is 18.0 Å². The number of fused-ring (bicyclic) bond motifs is 3. The van der Waals surface area contributed by atoms with Crippen LogP contribution in [0.2, 0.25) is 0 Å². The van der Waals surface area contributed by atoms with E-state index in [1.54, 1.807) is 10.3 Å². The monoisotopic (exact) mass is 427 g/mol. The van der Waals surface area contributed by atoms with Crippen molar-refractivity contribution in [3.8, 4) is 5.75 Å². The van der Waals surface area contributed by atoms with Gasteiger partial charge in [0.15, 0.2) is 0 Å². The normalized spacial score (nSPS) is 20.8. The van der Waals surface area contributed by atoms with E-state index in [0.717, 1.165) is 49.4 Å². The molecule has 4 rings (SSSR count). The van der Waals surface area contributed by atoms with Crippen LogP contribution in [-0.4, -0.2) is 58.9 Å². The fourth-order valence-corrected chi connectivity index (χ4v) is 4.92. The summed E-state index contributed by atoms with van der Waals surface area (Å²) in [6, 6.07) is 8.47. The van der Waals surface area contributed by atoms with Gasteiger partial charge >= 0.3 is 0 Å². The Balaban J connectivity index is 1.56. The smallest absolute Gasteiger partial charge is 0.273 e. The number of ether oxygens (including phenoxy) is 1. The Kier molecular flexibility index (Phi) is 6.67. The number of hydrogen-bond acceptors (Lipinski definition) is 5. The number of aromatic nitrogens is 1. The summed E-state index contributed by atoms with van der Waals surface area (Å²) >= 11 is 1.45. The number of benzene rings is 1. The van der Waals surface area contributed by atoms with Crippen molar-refractivity contribution in [2.45, 2.75) is 51.5 Å². The molecule has 2 amide bonds. The molecule has 0 spiro atoms. The van der Waals surface area contributed by atoms with Crippen LogP contribution in [0.15, 0.2) is 29.6 Å². The standard InChI is InChI=1S/C23H29N3O3S/c1-17-24-21(16-30-17)23(28)25-11-5-13-29-20-8-4-6-18(14-20)9-10-19-7-2-3-12-26(19)22(27)15-25/h4,6,8,14,16,19H,2-3,5,7,9-13,15H2,1H3. The van der Waals surface area contributed by atoms with E-state index in [4.69, 9.17) is 4.74 Å². The molecule has 2 aliphatic heterocycles. The second kappa shape index (κ2) is 9.60. The molecule has 1 aromatic carbocycles. The summed E-state index contributed by atoms with van der Waals surface area (Å²) in [7, 11) is 0. The molecule has 6 nitrogen and oxygen atoms in total. The highest BCUT2D eigenvalue weighted by Gasteiger charge is 2.29. The van der Waals surface area contributed by atoms with E-state index in [9.17, 15) is 9.59 Å². The number of rotatable bonds is 1. The van der Waals surface area contributed by atoms with Gasteiger partial charge in [0.2, 0.25) is 5.91 Å². The number of hydrogen-bond donors (Lipinski definition) is 0. The molecule has 1 saturated heterocycles. The molecule has 0 radical (unpaired) electrons. The van der Waals surface area contributed by atoms with Crippen molar-refractivity contribution < 1.29 is 14.3 Å². The van der Waals surface area contributed by atoms with Crippen LogP contribution in [0, 0.1) is 6.92 Å². The Labute approximate surface area is 181 Å². The fraction of sp³-hybridized carbons (Fsp3) is 0.522. The molecule has 1 aromatic heterocycles. The van der Waals surface area contributed by atoms with E-state index in [0.29, 0.717) is 25.3 Å². The molecule has 1 atom stereocenters. The van der Waals surface area contributed by atoms with Gasteiger partial charge in [0, 0.05) is 24.5 Å². The Morgan fingerprint density at radius 2 is 2.10 bits per heavy atom. The number of nitrogens with zero attached hydrogens (tertiary/aromatic N) is 3. The first-order chi connectivity index (χ1) is 14.6. The zero-order valence-corrected chi connectivity index (χ0v) is 18.3. The van der Waals surface area contributed by atoms with Crippen molar-refractivity contribution in [1.29, 1.82) is 0 Å². The molecule has 2 bridgehead atoms. The highest BCUT2D eigenvalue weighted by atomic mass is 32.1. The Morgan fingerprint density at radius 3 is 2.93 bits per heavy atom. The molecule has 160 valence electrons. The lowest BCUT2D eigenvalue weighted by Crippen LogP contribution is -2.49. The highest BCUT2D eigenvalue weighted by molar-refractivity contribution is 7.09. The topological polar surface area (TPSA) is 62.7 Å². The molecule has 30 heavy (non-hydrogen) atoms. The molecular formula is C23H29N3O3S. The minimum Gasteiger partial charge on any atom is -0.494 e. The van der Waals surface area contributed by atoms with E-state index in [1.165, 1.54) is 16.9 Å². The van der Waals surface area contributed by atoms with Gasteiger partial charge in [-0.25, -0.2) is 4.98 Å². The molecule has 1 fully saturated rings. The zero-order valence-electron chi connectivity index (χ0n) is 17.5. The predicted octanol–water partition coefficient (Wildman–Crippen LogP) is 3.69. The van der Waals surface area contributed by atoms with E-state index in [-0.39, 0.29) is 24.4 Å². The van der Waals surface area contributed by atoms with Gasteiger partial charge in [-0.1, -0.05) is 12.1 Å². The summed E-state index contributed by atoms with van der Waals surface area (Å²) in [5.41, 5.74) is 1.67. The lowest BCUT2D eigenvalue weighted by molar-refractivity contribution is -0.135. The van der Waals surface area contributed by atoms with Crippen LogP contribution in [0.25, 0.3) is 0 Å². The molecule has 1 unspecified atom stereocenters. The third-order valence-electron chi connectivity index (χ3n) is 5.90. The summed E-state index contributed by atoms with van der Waals surface area (Å²) in [6.07, 6.45) is 5.74. The molecule has 0 N–H and O–H groups in total. The van der Waals surface area contributed by atoms with Gasteiger partial charge in [-0.3, -0.25) is 9.59 Å². The summed E-state index contributed by atoms with van der Waals surface area (Å²) in [5.74, 6) is 0.746. The number of thiazole rings is 1. The Bertz CT molecular complexity index is 897. The number of carbonyl (C=O) groups excluding carboxylic acids is 2. The quantitative estimate of drug-likeness (QED) is 0.696. The highest BCUT2D eigenvalue weighted by Crippen LogP contribution is 2.24. The lowest BCUT2D eigenvalue weighted by Gasteiger charge is -2.37. The first kappa shape index (κ1) is 20.8. The van der Waals surface area contributed by atoms with E-state index in [1.807, 2.05) is 24.0 Å². The first-order valence-electron chi connectivity index (χ1n) is 10.8. The molecular weight excluding hydrogens is 398 g/mol. The zero-order chi connectivity index (χ0) is 20.9. The van der Waals surface area contributed by atoms with Gasteiger partial charge in [-0.15, -0.1) is 11.3 Å². The third kappa shape index (κ3) is 5.01. The van der Waals surface area contributed by atoms with Crippen LogP contribution in [0.5, 0.6) is 5.75 Å². The third-order valence-corrected chi connectivity index (χ3v) is 6.68. The number of amides is 2. The van der Waals surface area contributed by atoms with Crippen molar-refractivity contribution in [3.63, 3.8) is 0 Å². The average Bonchev–Trinajstić information content (AvgIpc) is 3.20.